The van der Waals surface area contributed by atoms with Crippen molar-refractivity contribution in [3.8, 4) is 0 Å². The molecular weight excluding hydrogens is 346 g/mol. The maximum atomic E-state index is 4.71. The van der Waals surface area contributed by atoms with Crippen molar-refractivity contribution in [2.45, 2.75) is 54.4 Å². The van der Waals surface area contributed by atoms with Crippen LogP contribution in [0.1, 0.15) is 35.5 Å². The molecule has 0 saturated heterocycles. The third-order valence-electron chi connectivity index (χ3n) is 4.14. The first kappa shape index (κ1) is 14.1. The second-order valence-corrected chi connectivity index (χ2v) is 9.30. The Labute approximate surface area is 146 Å². The first-order valence-electron chi connectivity index (χ1n) is 7.83. The Morgan fingerprint density at radius 2 is 2.04 bits per heavy atom. The average Bonchev–Trinajstić information content (AvgIpc) is 2.90. The summed E-state index contributed by atoms with van der Waals surface area (Å²) in [7, 11) is 0. The van der Waals surface area contributed by atoms with Crippen LogP contribution in [0.3, 0.4) is 0 Å². The zero-order valence-corrected chi connectivity index (χ0v) is 15.1. The van der Waals surface area contributed by atoms with Crippen molar-refractivity contribution >= 4 is 49.8 Å². The number of anilines is 1. The van der Waals surface area contributed by atoms with Gasteiger partial charge in [0.05, 0.1) is 0 Å². The van der Waals surface area contributed by atoms with Gasteiger partial charge < -0.3 is 5.32 Å². The van der Waals surface area contributed by atoms with Crippen molar-refractivity contribution in [2.75, 3.05) is 5.32 Å². The molecule has 0 radical (unpaired) electrons. The van der Waals surface area contributed by atoms with Crippen LogP contribution in [0.25, 0.3) is 10.2 Å². The fraction of sp³-hybridized carbons (Fsp3) is 0.467. The molecule has 5 rings (SSSR count). The number of hydrogen-bond donors (Lipinski definition) is 1. The monoisotopic (exact) mass is 361 g/mol. The Kier molecular flexibility index (Phi) is 3.31. The lowest BCUT2D eigenvalue weighted by Crippen LogP contribution is -1.99. The second kappa shape index (κ2) is 5.39. The van der Waals surface area contributed by atoms with E-state index in [1.54, 1.807) is 23.1 Å². The lowest BCUT2D eigenvalue weighted by molar-refractivity contribution is 0.914. The van der Waals surface area contributed by atoms with E-state index in [4.69, 9.17) is 4.98 Å². The van der Waals surface area contributed by atoms with Gasteiger partial charge in [-0.1, -0.05) is 11.3 Å². The van der Waals surface area contributed by atoms with E-state index < -0.39 is 0 Å². The van der Waals surface area contributed by atoms with Gasteiger partial charge in [0.1, 0.15) is 15.7 Å². The summed E-state index contributed by atoms with van der Waals surface area (Å²) in [5, 5.41) is 15.2. The van der Waals surface area contributed by atoms with Crippen LogP contribution in [0.5, 0.6) is 0 Å². The fourth-order valence-electron chi connectivity index (χ4n) is 2.93. The highest BCUT2D eigenvalue weighted by molar-refractivity contribution is 8.01. The minimum atomic E-state index is 0.606. The zero-order chi connectivity index (χ0) is 15.4. The van der Waals surface area contributed by atoms with Crippen LogP contribution in [0.15, 0.2) is 9.37 Å². The number of nitrogens with one attached hydrogen (secondary N) is 1. The van der Waals surface area contributed by atoms with E-state index in [2.05, 4.69) is 20.5 Å². The molecule has 1 fully saturated rings. The molecule has 3 heterocycles. The molecule has 0 spiro atoms. The van der Waals surface area contributed by atoms with Crippen LogP contribution in [0, 0.1) is 6.92 Å². The van der Waals surface area contributed by atoms with E-state index in [1.165, 1.54) is 41.5 Å². The predicted molar refractivity (Wildman–Crippen MR) is 94.9 cm³/mol. The summed E-state index contributed by atoms with van der Waals surface area (Å²) >= 11 is 5.09. The van der Waals surface area contributed by atoms with Crippen LogP contribution in [-0.2, 0) is 12.8 Å². The van der Waals surface area contributed by atoms with E-state index in [1.807, 2.05) is 18.3 Å². The van der Waals surface area contributed by atoms with Gasteiger partial charge in [-0.05, 0) is 56.4 Å². The summed E-state index contributed by atoms with van der Waals surface area (Å²) in [6.07, 6.45) is 6.08. The standard InChI is InChI=1S/C15H15N5S3/c1-7-16-12-11(9-3-2-4-10(9)21-12)13(17-7)22-15-20-19-14(23-15)18-8-5-6-8/h8H,2-6H2,1H3,(H,18,19). The summed E-state index contributed by atoms with van der Waals surface area (Å²) in [5.41, 5.74) is 1.47. The molecule has 0 atom stereocenters. The first-order chi connectivity index (χ1) is 11.3. The molecule has 0 unspecified atom stereocenters. The normalized spacial score (nSPS) is 16.9. The van der Waals surface area contributed by atoms with Crippen LogP contribution in [-0.4, -0.2) is 26.2 Å². The molecule has 5 nitrogen and oxygen atoms in total. The van der Waals surface area contributed by atoms with Crippen molar-refractivity contribution in [2.24, 2.45) is 0 Å². The zero-order valence-electron chi connectivity index (χ0n) is 12.6. The van der Waals surface area contributed by atoms with Gasteiger partial charge in [-0.25, -0.2) is 9.97 Å². The highest BCUT2D eigenvalue weighted by Gasteiger charge is 2.24. The Balaban J connectivity index is 1.52. The Hall–Kier alpha value is -1.25. The summed E-state index contributed by atoms with van der Waals surface area (Å²) in [5.74, 6) is 0.834. The third-order valence-corrected chi connectivity index (χ3v) is 7.22. The van der Waals surface area contributed by atoms with Gasteiger partial charge in [0.2, 0.25) is 5.13 Å². The lowest BCUT2D eigenvalue weighted by Gasteiger charge is -2.03. The van der Waals surface area contributed by atoms with Gasteiger partial charge in [-0.2, -0.15) is 0 Å². The Bertz CT molecular complexity index is 896. The molecule has 0 amide bonds. The molecular formula is C15H15N5S3. The van der Waals surface area contributed by atoms with Crippen molar-refractivity contribution in [3.05, 3.63) is 16.3 Å². The molecule has 0 aliphatic heterocycles. The van der Waals surface area contributed by atoms with Crippen molar-refractivity contribution < 1.29 is 0 Å². The van der Waals surface area contributed by atoms with Crippen LogP contribution in [0.4, 0.5) is 5.13 Å². The number of rotatable bonds is 4. The number of aromatic nitrogens is 4. The van der Waals surface area contributed by atoms with Crippen molar-refractivity contribution in [1.82, 2.24) is 20.2 Å². The molecule has 118 valence electrons. The first-order valence-corrected chi connectivity index (χ1v) is 10.3. The Morgan fingerprint density at radius 1 is 1.13 bits per heavy atom. The third kappa shape index (κ3) is 2.62. The molecule has 2 aliphatic carbocycles. The molecule has 2 aliphatic rings. The molecule has 1 saturated carbocycles. The van der Waals surface area contributed by atoms with E-state index in [0.29, 0.717) is 6.04 Å². The maximum Gasteiger partial charge on any atom is 0.206 e. The summed E-state index contributed by atoms with van der Waals surface area (Å²) in [4.78, 5) is 12.0. The molecule has 0 bridgehead atoms. The van der Waals surface area contributed by atoms with Crippen LogP contribution < -0.4 is 5.32 Å². The lowest BCUT2D eigenvalue weighted by atomic mass is 10.2. The van der Waals surface area contributed by atoms with Crippen LogP contribution >= 0.6 is 34.4 Å². The van der Waals surface area contributed by atoms with E-state index in [9.17, 15) is 0 Å². The second-order valence-electron chi connectivity index (χ2n) is 6.01. The molecule has 3 aromatic rings. The van der Waals surface area contributed by atoms with Gasteiger partial charge in [-0.3, -0.25) is 0 Å². The van der Waals surface area contributed by atoms with E-state index in [-0.39, 0.29) is 0 Å². The van der Waals surface area contributed by atoms with Gasteiger partial charge >= 0.3 is 0 Å². The topological polar surface area (TPSA) is 63.6 Å². The van der Waals surface area contributed by atoms with E-state index >= 15 is 0 Å². The SMILES string of the molecule is Cc1nc(Sc2nnc(NC3CC3)s2)c2c3c(sc2n1)CCC3. The van der Waals surface area contributed by atoms with Gasteiger partial charge in [0.15, 0.2) is 4.34 Å². The smallest absolute Gasteiger partial charge is 0.206 e. The fourth-order valence-corrected chi connectivity index (χ4v) is 6.24. The number of thiophene rings is 1. The minimum Gasteiger partial charge on any atom is -0.357 e. The highest BCUT2D eigenvalue weighted by atomic mass is 32.2. The van der Waals surface area contributed by atoms with Gasteiger partial charge in [0.25, 0.3) is 0 Å². The highest BCUT2D eigenvalue weighted by Crippen LogP contribution is 2.43. The summed E-state index contributed by atoms with van der Waals surface area (Å²) in [6.45, 7) is 1.97. The number of aryl methyl sites for hydroxylation is 3. The minimum absolute atomic E-state index is 0.606. The molecule has 8 heteroatoms. The Morgan fingerprint density at radius 3 is 2.91 bits per heavy atom. The van der Waals surface area contributed by atoms with E-state index in [0.717, 1.165) is 31.6 Å². The number of hydrogen-bond acceptors (Lipinski definition) is 8. The summed E-state index contributed by atoms with van der Waals surface area (Å²) in [6, 6.07) is 0.606. The molecule has 0 aromatic carbocycles. The molecule has 23 heavy (non-hydrogen) atoms. The largest absolute Gasteiger partial charge is 0.357 e. The predicted octanol–water partition coefficient (Wildman–Crippen LogP) is 4.07. The van der Waals surface area contributed by atoms with Gasteiger partial charge in [-0.15, -0.1) is 21.5 Å². The van der Waals surface area contributed by atoms with Crippen molar-refractivity contribution in [3.63, 3.8) is 0 Å². The quantitative estimate of drug-likeness (QED) is 0.707. The summed E-state index contributed by atoms with van der Waals surface area (Å²) < 4.78 is 0.950. The average molecular weight is 362 g/mol. The van der Waals surface area contributed by atoms with Gasteiger partial charge in [0, 0.05) is 16.3 Å². The number of nitrogens with zero attached hydrogens (tertiary/aromatic N) is 4. The maximum absolute atomic E-state index is 4.71. The van der Waals surface area contributed by atoms with Crippen LogP contribution in [0.2, 0.25) is 0 Å². The van der Waals surface area contributed by atoms with Crippen molar-refractivity contribution in [1.29, 1.82) is 0 Å². The molecule has 1 N–H and O–H groups in total. The molecule has 3 aromatic heterocycles. The number of fused-ring (bicyclic) bond motifs is 3.